The monoisotopic (exact) mass is 232 g/mol. The normalized spacial score (nSPS) is 11.5. The Morgan fingerprint density at radius 3 is 2.59 bits per heavy atom. The second kappa shape index (κ2) is 6.18. The highest BCUT2D eigenvalue weighted by atomic mass is 16.5. The molecule has 0 bridgehead atoms. The molecule has 90 valence electrons. The van der Waals surface area contributed by atoms with Crippen LogP contribution in [-0.2, 0) is 4.74 Å². The summed E-state index contributed by atoms with van der Waals surface area (Å²) in [7, 11) is 2.25. The summed E-state index contributed by atoms with van der Waals surface area (Å²) < 4.78 is 4.60. The molecule has 0 unspecified atom stereocenters. The molecule has 17 heavy (non-hydrogen) atoms. The van der Waals surface area contributed by atoms with Gasteiger partial charge in [0.15, 0.2) is 13.1 Å². The van der Waals surface area contributed by atoms with Gasteiger partial charge < -0.3 is 4.74 Å². The fourth-order valence-electron chi connectivity index (χ4n) is 1.45. The second-order valence-electron chi connectivity index (χ2n) is 4.01. The van der Waals surface area contributed by atoms with E-state index in [2.05, 4.69) is 35.4 Å². The molecule has 0 aliphatic heterocycles. The largest absolute Gasteiger partial charge is 0.465 e. The van der Waals surface area contributed by atoms with E-state index in [1.165, 1.54) is 13.3 Å². The van der Waals surface area contributed by atoms with Gasteiger partial charge in [0.1, 0.15) is 0 Å². The summed E-state index contributed by atoms with van der Waals surface area (Å²) in [5, 5.41) is 0. The lowest BCUT2D eigenvalue weighted by Gasteiger charge is -2.06. The van der Waals surface area contributed by atoms with Crippen LogP contribution >= 0.6 is 0 Å². The number of nitrogens with zero attached hydrogens (tertiary/aromatic N) is 2. The van der Waals surface area contributed by atoms with E-state index in [1.807, 2.05) is 0 Å². The van der Waals surface area contributed by atoms with Crippen molar-refractivity contribution in [2.75, 3.05) is 7.11 Å². The van der Waals surface area contributed by atoms with Gasteiger partial charge in [0.2, 0.25) is 0 Å². The molecule has 0 amide bonds. The number of pyridine rings is 1. The maximum Gasteiger partial charge on any atom is 0.339 e. The first-order valence-corrected chi connectivity index (χ1v) is 5.70. The number of carbonyl (C=O) groups is 1. The third-order valence-electron chi connectivity index (χ3n) is 2.46. The molecule has 0 radical (unpaired) electrons. The average molecular weight is 232 g/mol. The van der Waals surface area contributed by atoms with Gasteiger partial charge in [0.05, 0.1) is 12.7 Å². The lowest BCUT2D eigenvalue weighted by atomic mass is 9.70. The summed E-state index contributed by atoms with van der Waals surface area (Å²) in [4.78, 5) is 19.8. The number of rotatable bonds is 4. The molecule has 0 aliphatic rings. The number of methoxy groups -OCH3 is 1. The van der Waals surface area contributed by atoms with E-state index in [1.54, 1.807) is 12.1 Å². The maximum absolute atomic E-state index is 11.2. The lowest BCUT2D eigenvalue weighted by Crippen LogP contribution is -2.13. The minimum atomic E-state index is -0.382. The Morgan fingerprint density at radius 1 is 1.47 bits per heavy atom. The van der Waals surface area contributed by atoms with Crippen LogP contribution in [0.3, 0.4) is 0 Å². The van der Waals surface area contributed by atoms with E-state index in [4.69, 9.17) is 0 Å². The standard InChI is InChI=1S/C12H17BN2O2/c1-8(2)11(13-3)15-10-6-5-9(7-14-10)12(16)17-4/h5-8,13H,1-4H3/b15-11-. The first-order valence-electron chi connectivity index (χ1n) is 5.70. The van der Waals surface area contributed by atoms with Crippen LogP contribution in [0.5, 0.6) is 0 Å². The molecule has 0 atom stereocenters. The van der Waals surface area contributed by atoms with Crippen molar-refractivity contribution >= 4 is 24.7 Å². The summed E-state index contributed by atoms with van der Waals surface area (Å²) in [5.41, 5.74) is 1.54. The molecule has 0 N–H and O–H groups in total. The molecule has 0 saturated carbocycles. The Balaban J connectivity index is 2.91. The number of aliphatic imine (C=N–C) groups is 1. The smallest absolute Gasteiger partial charge is 0.339 e. The molecule has 4 nitrogen and oxygen atoms in total. The quantitative estimate of drug-likeness (QED) is 0.453. The summed E-state index contributed by atoms with van der Waals surface area (Å²) in [6.07, 6.45) is 1.48. The summed E-state index contributed by atoms with van der Waals surface area (Å²) >= 11 is 0. The Morgan fingerprint density at radius 2 is 2.18 bits per heavy atom. The van der Waals surface area contributed by atoms with Gasteiger partial charge in [-0.15, -0.1) is 0 Å². The van der Waals surface area contributed by atoms with E-state index in [9.17, 15) is 4.79 Å². The Hall–Kier alpha value is -1.65. The number of hydrogen-bond donors (Lipinski definition) is 0. The molecule has 0 saturated heterocycles. The number of carbonyl (C=O) groups excluding carboxylic acids is 1. The zero-order chi connectivity index (χ0) is 12.8. The van der Waals surface area contributed by atoms with Crippen molar-refractivity contribution in [3.63, 3.8) is 0 Å². The first-order chi connectivity index (χ1) is 8.08. The topological polar surface area (TPSA) is 51.5 Å². The highest BCUT2D eigenvalue weighted by Gasteiger charge is 2.07. The van der Waals surface area contributed by atoms with Gasteiger partial charge in [-0.2, -0.15) is 0 Å². The van der Waals surface area contributed by atoms with Gasteiger partial charge in [-0.3, -0.25) is 0 Å². The van der Waals surface area contributed by atoms with Crippen LogP contribution in [0, 0.1) is 5.92 Å². The molecule has 1 heterocycles. The second-order valence-corrected chi connectivity index (χ2v) is 4.01. The van der Waals surface area contributed by atoms with Crippen molar-refractivity contribution in [2.45, 2.75) is 20.7 Å². The van der Waals surface area contributed by atoms with Gasteiger partial charge >= 0.3 is 5.97 Å². The van der Waals surface area contributed by atoms with E-state index in [0.29, 0.717) is 17.3 Å². The summed E-state index contributed by atoms with van der Waals surface area (Å²) in [5.74, 6) is 0.651. The molecular formula is C12H17BN2O2. The van der Waals surface area contributed by atoms with Gasteiger partial charge in [-0.1, -0.05) is 20.7 Å². The Labute approximate surface area is 102 Å². The van der Waals surface area contributed by atoms with Crippen LogP contribution in [0.4, 0.5) is 5.82 Å². The third kappa shape index (κ3) is 3.69. The average Bonchev–Trinajstić information content (AvgIpc) is 2.35. The molecule has 0 fully saturated rings. The van der Waals surface area contributed by atoms with Crippen molar-refractivity contribution in [1.82, 2.24) is 4.98 Å². The van der Waals surface area contributed by atoms with Crippen molar-refractivity contribution in [1.29, 1.82) is 0 Å². The van der Waals surface area contributed by atoms with Crippen molar-refractivity contribution in [2.24, 2.45) is 10.9 Å². The number of ether oxygens (including phenoxy) is 1. The minimum absolute atomic E-state index is 0.382. The van der Waals surface area contributed by atoms with E-state index in [-0.39, 0.29) is 5.97 Å². The molecular weight excluding hydrogens is 215 g/mol. The number of esters is 1. The summed E-state index contributed by atoms with van der Waals surface area (Å²) in [6, 6.07) is 3.40. The molecule has 5 heteroatoms. The Bertz CT molecular complexity index is 413. The van der Waals surface area contributed by atoms with Crippen LogP contribution in [0.25, 0.3) is 0 Å². The predicted molar refractivity (Wildman–Crippen MR) is 70.5 cm³/mol. The van der Waals surface area contributed by atoms with E-state index in [0.717, 1.165) is 12.9 Å². The van der Waals surface area contributed by atoms with Crippen molar-refractivity contribution in [3.8, 4) is 0 Å². The highest BCUT2D eigenvalue weighted by Crippen LogP contribution is 2.11. The van der Waals surface area contributed by atoms with Crippen LogP contribution < -0.4 is 0 Å². The van der Waals surface area contributed by atoms with E-state index < -0.39 is 0 Å². The Kier molecular flexibility index (Phi) is 4.88. The minimum Gasteiger partial charge on any atom is -0.465 e. The molecule has 0 aromatic carbocycles. The SMILES string of the molecule is CB/C(=N\c1ccc(C(=O)OC)cn1)C(C)C. The van der Waals surface area contributed by atoms with Gasteiger partial charge in [-0.05, 0) is 23.7 Å². The molecule has 1 aromatic heterocycles. The van der Waals surface area contributed by atoms with Crippen LogP contribution in [0.15, 0.2) is 23.3 Å². The first kappa shape index (κ1) is 13.4. The molecule has 0 spiro atoms. The van der Waals surface area contributed by atoms with Gasteiger partial charge in [0, 0.05) is 6.20 Å². The zero-order valence-electron chi connectivity index (χ0n) is 10.7. The fourth-order valence-corrected chi connectivity index (χ4v) is 1.45. The van der Waals surface area contributed by atoms with Crippen LogP contribution in [-0.4, -0.2) is 31.0 Å². The third-order valence-corrected chi connectivity index (χ3v) is 2.46. The van der Waals surface area contributed by atoms with Crippen molar-refractivity contribution < 1.29 is 9.53 Å². The van der Waals surface area contributed by atoms with Crippen LogP contribution in [0.1, 0.15) is 24.2 Å². The molecule has 1 rings (SSSR count). The van der Waals surface area contributed by atoms with E-state index >= 15 is 0 Å². The molecule has 1 aromatic rings. The zero-order valence-corrected chi connectivity index (χ0v) is 10.7. The van der Waals surface area contributed by atoms with Gasteiger partial charge in [-0.25, -0.2) is 14.8 Å². The number of hydrogen-bond acceptors (Lipinski definition) is 4. The highest BCUT2D eigenvalue weighted by molar-refractivity contribution is 6.74. The van der Waals surface area contributed by atoms with Gasteiger partial charge in [0.25, 0.3) is 0 Å². The number of aromatic nitrogens is 1. The summed E-state index contributed by atoms with van der Waals surface area (Å²) in [6.45, 7) is 6.28. The lowest BCUT2D eigenvalue weighted by molar-refractivity contribution is 0.0600. The predicted octanol–water partition coefficient (Wildman–Crippen LogP) is 2.04. The molecule has 0 aliphatic carbocycles. The maximum atomic E-state index is 11.2. The van der Waals surface area contributed by atoms with Crippen molar-refractivity contribution in [3.05, 3.63) is 23.9 Å². The fraction of sp³-hybridized carbons (Fsp3) is 0.417. The van der Waals surface area contributed by atoms with Crippen LogP contribution in [0.2, 0.25) is 6.82 Å².